The average molecular weight is 498 g/mol. The molecule has 186 valence electrons. The molecule has 1 aliphatic heterocycles. The van der Waals surface area contributed by atoms with Crippen LogP contribution in [-0.4, -0.2) is 39.3 Å². The maximum atomic E-state index is 13.0. The van der Waals surface area contributed by atoms with Gasteiger partial charge in [-0.15, -0.1) is 0 Å². The molecule has 4 rings (SSSR count). The first-order valence-electron chi connectivity index (χ1n) is 12.1. The lowest BCUT2D eigenvalue weighted by Crippen LogP contribution is -2.36. The maximum Gasteiger partial charge on any atom is 0.317 e. The van der Waals surface area contributed by atoms with E-state index in [4.69, 9.17) is 4.74 Å². The van der Waals surface area contributed by atoms with Gasteiger partial charge in [0.2, 0.25) is 0 Å². The number of nitrogens with one attached hydrogen (secondary N) is 2. The Morgan fingerprint density at radius 1 is 0.943 bits per heavy atom. The number of nitrogens with zero attached hydrogens (tertiary/aromatic N) is 1. The van der Waals surface area contributed by atoms with Gasteiger partial charge in [-0.3, -0.25) is 19.3 Å². The molecular formula is C26H31N3O5S. The van der Waals surface area contributed by atoms with Crippen LogP contribution in [0.1, 0.15) is 56.9 Å². The number of hydrogen-bond acceptors (Lipinski definition) is 6. The summed E-state index contributed by atoms with van der Waals surface area (Å²) in [5, 5.41) is 2.63. The molecular weight excluding hydrogens is 466 g/mol. The summed E-state index contributed by atoms with van der Waals surface area (Å²) in [5.41, 5.74) is 0.490. The number of esters is 1. The van der Waals surface area contributed by atoms with Gasteiger partial charge in [0.1, 0.15) is 5.84 Å². The SMILES string of the molecule is O=C(COC(=O)C1(c2ccccc2)CCCC1)Nc1cccc(S(=O)(=O)NC2=NCCCCC2)c1. The fraction of sp³-hybridized carbons (Fsp3) is 0.423. The Morgan fingerprint density at radius 2 is 1.71 bits per heavy atom. The molecule has 35 heavy (non-hydrogen) atoms. The zero-order valence-electron chi connectivity index (χ0n) is 19.7. The molecule has 0 aromatic heterocycles. The van der Waals surface area contributed by atoms with E-state index < -0.39 is 33.9 Å². The molecule has 0 saturated heterocycles. The fourth-order valence-corrected chi connectivity index (χ4v) is 5.86. The predicted octanol–water partition coefficient (Wildman–Crippen LogP) is 3.93. The smallest absolute Gasteiger partial charge is 0.317 e. The van der Waals surface area contributed by atoms with Gasteiger partial charge < -0.3 is 10.1 Å². The van der Waals surface area contributed by atoms with Crippen LogP contribution in [0.2, 0.25) is 0 Å². The lowest BCUT2D eigenvalue weighted by molar-refractivity contribution is -0.153. The number of amidine groups is 1. The zero-order valence-corrected chi connectivity index (χ0v) is 20.5. The summed E-state index contributed by atoms with van der Waals surface area (Å²) in [6.07, 6.45) is 6.69. The Bertz CT molecular complexity index is 1190. The quantitative estimate of drug-likeness (QED) is 0.563. The van der Waals surface area contributed by atoms with E-state index in [0.29, 0.717) is 37.3 Å². The predicted molar refractivity (Wildman–Crippen MR) is 134 cm³/mol. The van der Waals surface area contributed by atoms with Crippen LogP contribution in [0.5, 0.6) is 0 Å². The molecule has 2 aromatic rings. The van der Waals surface area contributed by atoms with E-state index >= 15 is 0 Å². The highest BCUT2D eigenvalue weighted by atomic mass is 32.2. The Balaban J connectivity index is 1.37. The Hall–Kier alpha value is -3.20. The molecule has 0 radical (unpaired) electrons. The van der Waals surface area contributed by atoms with Crippen molar-refractivity contribution in [2.24, 2.45) is 4.99 Å². The van der Waals surface area contributed by atoms with Crippen molar-refractivity contribution < 1.29 is 22.7 Å². The summed E-state index contributed by atoms with van der Waals surface area (Å²) in [6.45, 7) is 0.164. The highest BCUT2D eigenvalue weighted by Gasteiger charge is 2.44. The number of hydrogen-bond donors (Lipinski definition) is 2. The molecule has 0 atom stereocenters. The normalized spacial score (nSPS) is 17.7. The van der Waals surface area contributed by atoms with Gasteiger partial charge in [0, 0.05) is 18.7 Å². The van der Waals surface area contributed by atoms with E-state index in [-0.39, 0.29) is 4.90 Å². The molecule has 0 unspecified atom stereocenters. The first kappa shape index (κ1) is 24.9. The number of ether oxygens (including phenoxy) is 1. The number of carbonyl (C=O) groups excluding carboxylic acids is 2. The van der Waals surface area contributed by atoms with E-state index in [1.165, 1.54) is 12.1 Å². The van der Waals surface area contributed by atoms with Crippen molar-refractivity contribution in [3.8, 4) is 0 Å². The van der Waals surface area contributed by atoms with Crippen LogP contribution < -0.4 is 10.0 Å². The molecule has 9 heteroatoms. The van der Waals surface area contributed by atoms with Crippen molar-refractivity contribution >= 4 is 33.4 Å². The summed E-state index contributed by atoms with van der Waals surface area (Å²) >= 11 is 0. The summed E-state index contributed by atoms with van der Waals surface area (Å²) in [6, 6.07) is 15.5. The van der Waals surface area contributed by atoms with Crippen molar-refractivity contribution in [3.63, 3.8) is 0 Å². The molecule has 1 saturated carbocycles. The fourth-order valence-electron chi connectivity index (χ4n) is 4.73. The maximum absolute atomic E-state index is 13.0. The Kier molecular flexibility index (Phi) is 7.85. The molecule has 1 amide bonds. The van der Waals surface area contributed by atoms with E-state index in [1.54, 1.807) is 12.1 Å². The summed E-state index contributed by atoms with van der Waals surface area (Å²) in [4.78, 5) is 29.9. The highest BCUT2D eigenvalue weighted by molar-refractivity contribution is 7.90. The monoisotopic (exact) mass is 497 g/mol. The molecule has 0 spiro atoms. The first-order valence-corrected chi connectivity index (χ1v) is 13.6. The van der Waals surface area contributed by atoms with Crippen LogP contribution in [-0.2, 0) is 29.8 Å². The van der Waals surface area contributed by atoms with Crippen molar-refractivity contribution in [1.82, 2.24) is 4.72 Å². The third-order valence-electron chi connectivity index (χ3n) is 6.56. The van der Waals surface area contributed by atoms with E-state index in [9.17, 15) is 18.0 Å². The number of sulfonamides is 1. The number of amides is 1. The van der Waals surface area contributed by atoms with Gasteiger partial charge in [-0.25, -0.2) is 8.42 Å². The number of carbonyl (C=O) groups is 2. The third-order valence-corrected chi connectivity index (χ3v) is 7.94. The molecule has 2 N–H and O–H groups in total. The number of anilines is 1. The van der Waals surface area contributed by atoms with Crippen molar-refractivity contribution in [2.45, 2.75) is 61.7 Å². The minimum Gasteiger partial charge on any atom is -0.455 e. The van der Waals surface area contributed by atoms with Gasteiger partial charge in [-0.1, -0.05) is 55.7 Å². The average Bonchev–Trinajstić information content (AvgIpc) is 3.23. The summed E-state index contributed by atoms with van der Waals surface area (Å²) < 4.78 is 33.6. The third kappa shape index (κ3) is 6.08. The molecule has 2 aliphatic rings. The molecule has 0 bridgehead atoms. The molecule has 1 heterocycles. The topological polar surface area (TPSA) is 114 Å². The lowest BCUT2D eigenvalue weighted by atomic mass is 9.79. The number of rotatable bonds is 7. The second-order valence-electron chi connectivity index (χ2n) is 9.05. The second kappa shape index (κ2) is 11.0. The van der Waals surface area contributed by atoms with Gasteiger partial charge in [-0.05, 0) is 49.4 Å². The van der Waals surface area contributed by atoms with E-state index in [0.717, 1.165) is 37.7 Å². The number of aliphatic imine (C=N–C) groups is 1. The molecule has 1 fully saturated rings. The van der Waals surface area contributed by atoms with Crippen LogP contribution in [0.25, 0.3) is 0 Å². The largest absolute Gasteiger partial charge is 0.455 e. The first-order chi connectivity index (χ1) is 16.9. The second-order valence-corrected chi connectivity index (χ2v) is 10.7. The van der Waals surface area contributed by atoms with Crippen molar-refractivity contribution in [3.05, 3.63) is 60.2 Å². The molecule has 1 aliphatic carbocycles. The van der Waals surface area contributed by atoms with Gasteiger partial charge in [-0.2, -0.15) is 0 Å². The minimum absolute atomic E-state index is 0.0215. The standard InChI is InChI=1S/C26H31N3O5S/c30-24(19-34-25(31)26(15-6-7-16-26)20-10-3-1-4-11-20)28-21-12-9-13-22(18-21)35(32,33)29-23-14-5-2-8-17-27-23/h1,3-4,9-13,18H,2,5-8,14-17,19H2,(H,27,29)(H,28,30). The summed E-state index contributed by atoms with van der Waals surface area (Å²) in [5.74, 6) is -0.473. The van der Waals surface area contributed by atoms with Crippen LogP contribution in [0, 0.1) is 0 Å². The highest BCUT2D eigenvalue weighted by Crippen LogP contribution is 2.42. The van der Waals surface area contributed by atoms with Crippen LogP contribution in [0.3, 0.4) is 0 Å². The zero-order chi connectivity index (χ0) is 24.7. The van der Waals surface area contributed by atoms with Gasteiger partial charge in [0.15, 0.2) is 6.61 Å². The summed E-state index contributed by atoms with van der Waals surface area (Å²) in [7, 11) is -3.83. The van der Waals surface area contributed by atoms with Crippen LogP contribution in [0.15, 0.2) is 64.5 Å². The van der Waals surface area contributed by atoms with Crippen LogP contribution in [0.4, 0.5) is 5.69 Å². The van der Waals surface area contributed by atoms with E-state index in [2.05, 4.69) is 15.0 Å². The number of benzene rings is 2. The minimum atomic E-state index is -3.83. The molecule has 2 aromatic carbocycles. The van der Waals surface area contributed by atoms with Gasteiger partial charge >= 0.3 is 5.97 Å². The molecule has 8 nitrogen and oxygen atoms in total. The Labute approximate surface area is 206 Å². The van der Waals surface area contributed by atoms with Crippen LogP contribution >= 0.6 is 0 Å². The van der Waals surface area contributed by atoms with E-state index in [1.807, 2.05) is 30.3 Å². The Morgan fingerprint density at radius 3 is 2.49 bits per heavy atom. The lowest BCUT2D eigenvalue weighted by Gasteiger charge is -2.27. The van der Waals surface area contributed by atoms with Gasteiger partial charge in [0.05, 0.1) is 10.3 Å². The van der Waals surface area contributed by atoms with Crippen molar-refractivity contribution in [1.29, 1.82) is 0 Å². The van der Waals surface area contributed by atoms with Gasteiger partial charge in [0.25, 0.3) is 15.9 Å². The van der Waals surface area contributed by atoms with Crippen molar-refractivity contribution in [2.75, 3.05) is 18.5 Å².